The van der Waals surface area contributed by atoms with Crippen LogP contribution in [0.1, 0.15) is 31.8 Å². The second-order valence-electron chi connectivity index (χ2n) is 4.95. The van der Waals surface area contributed by atoms with Gasteiger partial charge in [-0.1, -0.05) is 6.07 Å². The topological polar surface area (TPSA) is 68.2 Å². The zero-order chi connectivity index (χ0) is 16.3. The number of carbonyl (C=O) groups is 2. The number of benzene rings is 1. The Balaban J connectivity index is 2.52. The van der Waals surface area contributed by atoms with Crippen molar-refractivity contribution >= 4 is 12.2 Å². The standard InChI is InChI=1S/C16H15FN2O3/c1-10-3-11(5-13(17)4-10)7-19-8-12(9-20)6-14(16(19)22)15(21)18-2/h3-6,8-9H,7H2,1-2H3,(H,18,21). The summed E-state index contributed by atoms with van der Waals surface area (Å²) in [5, 5.41) is 2.35. The number of hydrogen-bond acceptors (Lipinski definition) is 3. The van der Waals surface area contributed by atoms with Gasteiger partial charge in [0.05, 0.1) is 6.54 Å². The Morgan fingerprint density at radius 1 is 1.32 bits per heavy atom. The van der Waals surface area contributed by atoms with Crippen molar-refractivity contribution in [3.63, 3.8) is 0 Å². The van der Waals surface area contributed by atoms with Crippen molar-refractivity contribution in [1.82, 2.24) is 9.88 Å². The molecule has 0 saturated carbocycles. The predicted molar refractivity (Wildman–Crippen MR) is 79.7 cm³/mol. The minimum Gasteiger partial charge on any atom is -0.355 e. The molecule has 22 heavy (non-hydrogen) atoms. The second-order valence-corrected chi connectivity index (χ2v) is 4.95. The number of aryl methyl sites for hydroxylation is 1. The van der Waals surface area contributed by atoms with Gasteiger partial charge in [-0.15, -0.1) is 0 Å². The number of nitrogens with one attached hydrogen (secondary N) is 1. The lowest BCUT2D eigenvalue weighted by atomic mass is 10.1. The summed E-state index contributed by atoms with van der Waals surface area (Å²) in [6, 6.07) is 5.67. The third kappa shape index (κ3) is 3.28. The van der Waals surface area contributed by atoms with Crippen molar-refractivity contribution in [1.29, 1.82) is 0 Å². The Labute approximate surface area is 126 Å². The first-order valence-electron chi connectivity index (χ1n) is 6.62. The molecule has 1 amide bonds. The predicted octanol–water partition coefficient (Wildman–Crippen LogP) is 1.52. The fourth-order valence-electron chi connectivity index (χ4n) is 2.24. The van der Waals surface area contributed by atoms with Crippen molar-refractivity contribution in [2.24, 2.45) is 0 Å². The first-order chi connectivity index (χ1) is 10.4. The van der Waals surface area contributed by atoms with Crippen LogP contribution in [0.2, 0.25) is 0 Å². The lowest BCUT2D eigenvalue weighted by molar-refractivity contribution is 0.0961. The third-order valence-corrected chi connectivity index (χ3v) is 3.17. The van der Waals surface area contributed by atoms with E-state index in [2.05, 4.69) is 5.32 Å². The normalized spacial score (nSPS) is 10.3. The molecule has 6 heteroatoms. The van der Waals surface area contributed by atoms with Crippen molar-refractivity contribution in [2.75, 3.05) is 7.05 Å². The molecule has 0 aliphatic carbocycles. The fourth-order valence-corrected chi connectivity index (χ4v) is 2.24. The molecule has 5 nitrogen and oxygen atoms in total. The number of nitrogens with zero attached hydrogens (tertiary/aromatic N) is 1. The van der Waals surface area contributed by atoms with Gasteiger partial charge in [0.2, 0.25) is 0 Å². The van der Waals surface area contributed by atoms with Crippen molar-refractivity contribution in [2.45, 2.75) is 13.5 Å². The van der Waals surface area contributed by atoms with Gasteiger partial charge in [-0.05, 0) is 36.2 Å². The summed E-state index contributed by atoms with van der Waals surface area (Å²) in [5.41, 5.74) is 0.838. The molecule has 0 unspecified atom stereocenters. The highest BCUT2D eigenvalue weighted by molar-refractivity contribution is 5.95. The zero-order valence-electron chi connectivity index (χ0n) is 12.2. The van der Waals surface area contributed by atoms with Crippen LogP contribution in [0.25, 0.3) is 0 Å². The minimum absolute atomic E-state index is 0.0725. The Morgan fingerprint density at radius 3 is 2.64 bits per heavy atom. The molecule has 0 radical (unpaired) electrons. The lowest BCUT2D eigenvalue weighted by Gasteiger charge is -2.10. The molecule has 1 heterocycles. The second kappa shape index (κ2) is 6.34. The van der Waals surface area contributed by atoms with Crippen molar-refractivity contribution < 1.29 is 14.0 Å². The van der Waals surface area contributed by atoms with E-state index in [0.29, 0.717) is 11.8 Å². The smallest absolute Gasteiger partial charge is 0.263 e. The van der Waals surface area contributed by atoms with Gasteiger partial charge in [0.1, 0.15) is 11.4 Å². The zero-order valence-corrected chi connectivity index (χ0v) is 12.2. The number of halogens is 1. The van der Waals surface area contributed by atoms with E-state index in [1.54, 1.807) is 13.0 Å². The maximum atomic E-state index is 13.4. The van der Waals surface area contributed by atoms with E-state index in [1.165, 1.54) is 36.0 Å². The molecule has 0 fully saturated rings. The molecule has 1 aromatic heterocycles. The number of carbonyl (C=O) groups excluding carboxylic acids is 2. The molecule has 1 N–H and O–H groups in total. The number of rotatable bonds is 4. The molecule has 0 atom stereocenters. The minimum atomic E-state index is -0.571. The fraction of sp³-hybridized carbons (Fsp3) is 0.188. The number of hydrogen-bond donors (Lipinski definition) is 1. The Bertz CT molecular complexity index is 776. The third-order valence-electron chi connectivity index (χ3n) is 3.17. The molecule has 0 saturated heterocycles. The van der Waals surface area contributed by atoms with Crippen LogP contribution in [0.5, 0.6) is 0 Å². The average molecular weight is 302 g/mol. The van der Waals surface area contributed by atoms with Gasteiger partial charge in [-0.2, -0.15) is 0 Å². The van der Waals surface area contributed by atoms with E-state index in [-0.39, 0.29) is 17.7 Å². The van der Waals surface area contributed by atoms with Gasteiger partial charge < -0.3 is 9.88 Å². The maximum absolute atomic E-state index is 13.4. The van der Waals surface area contributed by atoms with E-state index in [9.17, 15) is 18.8 Å². The van der Waals surface area contributed by atoms with Crippen LogP contribution in [0.3, 0.4) is 0 Å². The molecule has 1 aromatic carbocycles. The van der Waals surface area contributed by atoms with E-state index < -0.39 is 17.3 Å². The summed E-state index contributed by atoms with van der Waals surface area (Å²) < 4.78 is 14.7. The van der Waals surface area contributed by atoms with Crippen LogP contribution < -0.4 is 10.9 Å². The lowest BCUT2D eigenvalue weighted by Crippen LogP contribution is -2.32. The molecular formula is C16H15FN2O3. The molecule has 114 valence electrons. The van der Waals surface area contributed by atoms with Crippen LogP contribution >= 0.6 is 0 Å². The first kappa shape index (κ1) is 15.6. The highest BCUT2D eigenvalue weighted by atomic mass is 19.1. The molecular weight excluding hydrogens is 287 g/mol. The SMILES string of the molecule is CNC(=O)c1cc(C=O)cn(Cc2cc(C)cc(F)c2)c1=O. The number of pyridine rings is 1. The van der Waals surface area contributed by atoms with Crippen LogP contribution in [0.15, 0.2) is 35.3 Å². The number of amides is 1. The average Bonchev–Trinajstić information content (AvgIpc) is 2.47. The van der Waals surface area contributed by atoms with Gasteiger partial charge in [-0.3, -0.25) is 14.4 Å². The van der Waals surface area contributed by atoms with E-state index in [1.807, 2.05) is 0 Å². The van der Waals surface area contributed by atoms with E-state index >= 15 is 0 Å². The van der Waals surface area contributed by atoms with Gasteiger partial charge in [0.25, 0.3) is 11.5 Å². The number of aromatic nitrogens is 1. The van der Waals surface area contributed by atoms with Gasteiger partial charge >= 0.3 is 0 Å². The van der Waals surface area contributed by atoms with Crippen LogP contribution in [-0.2, 0) is 6.54 Å². The summed E-state index contributed by atoms with van der Waals surface area (Å²) in [7, 11) is 1.40. The molecule has 2 aromatic rings. The van der Waals surface area contributed by atoms with Crippen LogP contribution in [0.4, 0.5) is 4.39 Å². The summed E-state index contributed by atoms with van der Waals surface area (Å²) in [4.78, 5) is 35.0. The highest BCUT2D eigenvalue weighted by Crippen LogP contribution is 2.10. The first-order valence-corrected chi connectivity index (χ1v) is 6.62. The van der Waals surface area contributed by atoms with Crippen molar-refractivity contribution in [3.8, 4) is 0 Å². The Morgan fingerprint density at radius 2 is 2.05 bits per heavy atom. The molecule has 0 aliphatic rings. The van der Waals surface area contributed by atoms with Gasteiger partial charge in [0, 0.05) is 18.8 Å². The largest absolute Gasteiger partial charge is 0.355 e. The highest BCUT2D eigenvalue weighted by Gasteiger charge is 2.13. The van der Waals surface area contributed by atoms with E-state index in [0.717, 1.165) is 5.56 Å². The van der Waals surface area contributed by atoms with Crippen LogP contribution in [-0.4, -0.2) is 23.8 Å². The molecule has 2 rings (SSSR count). The summed E-state index contributed by atoms with van der Waals surface area (Å²) in [6.45, 7) is 1.82. The van der Waals surface area contributed by atoms with Crippen LogP contribution in [0, 0.1) is 12.7 Å². The maximum Gasteiger partial charge on any atom is 0.263 e. The molecule has 0 bridgehead atoms. The quantitative estimate of drug-likeness (QED) is 0.871. The summed E-state index contributed by atoms with van der Waals surface area (Å²) in [6.07, 6.45) is 1.90. The molecule has 0 aliphatic heterocycles. The van der Waals surface area contributed by atoms with E-state index in [4.69, 9.17) is 0 Å². The summed E-state index contributed by atoms with van der Waals surface area (Å²) >= 11 is 0. The monoisotopic (exact) mass is 302 g/mol. The van der Waals surface area contributed by atoms with Crippen molar-refractivity contribution in [3.05, 3.63) is 68.9 Å². The van der Waals surface area contributed by atoms with Gasteiger partial charge in [-0.25, -0.2) is 4.39 Å². The summed E-state index contributed by atoms with van der Waals surface area (Å²) in [5.74, 6) is -0.973. The molecule has 0 spiro atoms. The van der Waals surface area contributed by atoms with Gasteiger partial charge in [0.15, 0.2) is 6.29 Å². The number of aldehydes is 1. The Kier molecular flexibility index (Phi) is 4.50. The Hall–Kier alpha value is -2.76.